The van der Waals surface area contributed by atoms with Gasteiger partial charge in [-0.1, -0.05) is 18.2 Å². The van der Waals surface area contributed by atoms with E-state index < -0.39 is 9.84 Å². The number of amides is 1. The Hall–Kier alpha value is -2.34. The van der Waals surface area contributed by atoms with Gasteiger partial charge in [-0.05, 0) is 49.2 Å². The molecule has 0 bridgehead atoms. The highest BCUT2D eigenvalue weighted by Crippen LogP contribution is 2.23. The smallest absolute Gasteiger partial charge is 0.254 e. The van der Waals surface area contributed by atoms with Crippen molar-refractivity contribution in [3.8, 4) is 0 Å². The SMILES string of the molecule is Cc1ccc(C(=O)N(C)[C@H](C)c2ccc(S(C)(=O)=O)cc2)cc1N. The van der Waals surface area contributed by atoms with Crippen molar-refractivity contribution in [2.24, 2.45) is 0 Å². The standard InChI is InChI=1S/C18H22N2O3S/c1-12-5-6-15(11-17(12)19)18(21)20(3)13(2)14-7-9-16(10-8-14)24(4,22)23/h5-11,13H,19H2,1-4H3/t13-/m1/s1. The minimum Gasteiger partial charge on any atom is -0.398 e. The Bertz CT molecular complexity index is 858. The predicted molar refractivity (Wildman–Crippen MR) is 95.7 cm³/mol. The molecule has 0 radical (unpaired) electrons. The van der Waals surface area contributed by atoms with Gasteiger partial charge in [0.25, 0.3) is 5.91 Å². The lowest BCUT2D eigenvalue weighted by Crippen LogP contribution is -2.29. The van der Waals surface area contributed by atoms with Crippen molar-refractivity contribution in [1.82, 2.24) is 4.90 Å². The largest absolute Gasteiger partial charge is 0.398 e. The van der Waals surface area contributed by atoms with Crippen LogP contribution in [0.5, 0.6) is 0 Å². The second-order valence-electron chi connectivity index (χ2n) is 6.00. The summed E-state index contributed by atoms with van der Waals surface area (Å²) in [7, 11) is -1.51. The first-order chi connectivity index (χ1) is 11.1. The summed E-state index contributed by atoms with van der Waals surface area (Å²) in [5.41, 5.74) is 8.78. The fraction of sp³-hybridized carbons (Fsp3) is 0.278. The summed E-state index contributed by atoms with van der Waals surface area (Å²) in [6, 6.07) is 11.6. The third-order valence-corrected chi connectivity index (χ3v) is 5.35. The molecular formula is C18H22N2O3S. The molecule has 1 atom stereocenters. The highest BCUT2D eigenvalue weighted by atomic mass is 32.2. The molecule has 2 rings (SSSR count). The fourth-order valence-electron chi connectivity index (χ4n) is 2.37. The van der Waals surface area contributed by atoms with Gasteiger partial charge >= 0.3 is 0 Å². The zero-order valence-corrected chi connectivity index (χ0v) is 15.1. The van der Waals surface area contributed by atoms with Crippen molar-refractivity contribution in [2.75, 3.05) is 19.0 Å². The fourth-order valence-corrected chi connectivity index (χ4v) is 3.00. The normalized spacial score (nSPS) is 12.7. The van der Waals surface area contributed by atoms with Gasteiger partial charge in [0, 0.05) is 24.6 Å². The van der Waals surface area contributed by atoms with Gasteiger partial charge in [-0.3, -0.25) is 4.79 Å². The third-order valence-electron chi connectivity index (χ3n) is 4.22. The first-order valence-electron chi connectivity index (χ1n) is 7.54. The molecule has 6 heteroatoms. The molecule has 0 aromatic heterocycles. The number of rotatable bonds is 4. The molecule has 0 aliphatic carbocycles. The van der Waals surface area contributed by atoms with Crippen molar-refractivity contribution in [3.05, 3.63) is 59.2 Å². The summed E-state index contributed by atoms with van der Waals surface area (Å²) < 4.78 is 23.0. The summed E-state index contributed by atoms with van der Waals surface area (Å²) in [5.74, 6) is -0.138. The van der Waals surface area contributed by atoms with E-state index in [-0.39, 0.29) is 16.8 Å². The number of aryl methyl sites for hydroxylation is 1. The summed E-state index contributed by atoms with van der Waals surface area (Å²) in [6.45, 7) is 3.78. The molecular weight excluding hydrogens is 324 g/mol. The number of carbonyl (C=O) groups excluding carboxylic acids is 1. The molecule has 128 valence electrons. The van der Waals surface area contributed by atoms with Crippen LogP contribution in [0.2, 0.25) is 0 Å². The average Bonchev–Trinajstić information content (AvgIpc) is 2.54. The summed E-state index contributed by atoms with van der Waals surface area (Å²) in [4.78, 5) is 14.5. The van der Waals surface area contributed by atoms with Gasteiger partial charge in [0.05, 0.1) is 10.9 Å². The molecule has 5 nitrogen and oxygen atoms in total. The van der Waals surface area contributed by atoms with Gasteiger partial charge < -0.3 is 10.6 Å². The molecule has 0 heterocycles. The van der Waals surface area contributed by atoms with E-state index in [0.717, 1.165) is 11.1 Å². The number of hydrogen-bond donors (Lipinski definition) is 1. The second-order valence-corrected chi connectivity index (χ2v) is 8.02. The van der Waals surface area contributed by atoms with Gasteiger partial charge in [0.2, 0.25) is 0 Å². The Morgan fingerprint density at radius 2 is 1.71 bits per heavy atom. The van der Waals surface area contributed by atoms with Crippen LogP contribution in [-0.4, -0.2) is 32.5 Å². The van der Waals surface area contributed by atoms with Crippen LogP contribution in [-0.2, 0) is 9.84 Å². The maximum absolute atomic E-state index is 12.6. The average molecular weight is 346 g/mol. The van der Waals surface area contributed by atoms with E-state index in [9.17, 15) is 13.2 Å². The van der Waals surface area contributed by atoms with E-state index in [4.69, 9.17) is 5.73 Å². The Balaban J connectivity index is 2.23. The highest BCUT2D eigenvalue weighted by Gasteiger charge is 2.20. The van der Waals surface area contributed by atoms with E-state index in [1.165, 1.54) is 6.26 Å². The Morgan fingerprint density at radius 3 is 2.21 bits per heavy atom. The zero-order chi connectivity index (χ0) is 18.1. The molecule has 0 saturated heterocycles. The number of hydrogen-bond acceptors (Lipinski definition) is 4. The van der Waals surface area contributed by atoms with Crippen LogP contribution in [0.4, 0.5) is 5.69 Å². The van der Waals surface area contributed by atoms with Crippen molar-refractivity contribution in [1.29, 1.82) is 0 Å². The molecule has 0 spiro atoms. The second kappa shape index (κ2) is 6.65. The predicted octanol–water partition coefficient (Wildman–Crippen LogP) is 2.81. The molecule has 0 aliphatic heterocycles. The number of carbonyl (C=O) groups is 1. The maximum atomic E-state index is 12.6. The van der Waals surface area contributed by atoms with Crippen LogP contribution in [0.15, 0.2) is 47.4 Å². The third kappa shape index (κ3) is 3.76. The van der Waals surface area contributed by atoms with Crippen molar-refractivity contribution in [2.45, 2.75) is 24.8 Å². The summed E-state index contributed by atoms with van der Waals surface area (Å²) in [6.07, 6.45) is 1.17. The van der Waals surface area contributed by atoms with Crippen LogP contribution >= 0.6 is 0 Å². The van der Waals surface area contributed by atoms with Crippen LogP contribution < -0.4 is 5.73 Å². The minimum absolute atomic E-state index is 0.138. The van der Waals surface area contributed by atoms with Crippen LogP contribution in [0.3, 0.4) is 0 Å². The molecule has 2 aromatic rings. The maximum Gasteiger partial charge on any atom is 0.254 e. The topological polar surface area (TPSA) is 80.5 Å². The molecule has 0 aliphatic rings. The van der Waals surface area contributed by atoms with E-state index >= 15 is 0 Å². The Morgan fingerprint density at radius 1 is 1.12 bits per heavy atom. The number of nitrogen functional groups attached to an aromatic ring is 1. The van der Waals surface area contributed by atoms with Gasteiger partial charge in [-0.25, -0.2) is 8.42 Å². The lowest BCUT2D eigenvalue weighted by Gasteiger charge is -2.26. The first kappa shape index (κ1) is 18.0. The molecule has 0 fully saturated rings. The monoisotopic (exact) mass is 346 g/mol. The summed E-state index contributed by atoms with van der Waals surface area (Å²) in [5, 5.41) is 0. The van der Waals surface area contributed by atoms with Gasteiger partial charge in [-0.2, -0.15) is 0 Å². The van der Waals surface area contributed by atoms with Crippen LogP contribution in [0.1, 0.15) is 34.5 Å². The van der Waals surface area contributed by atoms with Gasteiger partial charge in [0.1, 0.15) is 0 Å². The summed E-state index contributed by atoms with van der Waals surface area (Å²) >= 11 is 0. The van der Waals surface area contributed by atoms with Crippen molar-refractivity contribution >= 4 is 21.4 Å². The van der Waals surface area contributed by atoms with E-state index in [1.807, 2.05) is 19.9 Å². The highest BCUT2D eigenvalue weighted by molar-refractivity contribution is 7.90. The van der Waals surface area contributed by atoms with Crippen molar-refractivity contribution in [3.63, 3.8) is 0 Å². The van der Waals surface area contributed by atoms with E-state index in [1.54, 1.807) is 48.3 Å². The lowest BCUT2D eigenvalue weighted by atomic mass is 10.1. The van der Waals surface area contributed by atoms with E-state index in [2.05, 4.69) is 0 Å². The van der Waals surface area contributed by atoms with Crippen molar-refractivity contribution < 1.29 is 13.2 Å². The number of nitrogens with zero attached hydrogens (tertiary/aromatic N) is 1. The van der Waals surface area contributed by atoms with Gasteiger partial charge in [0.15, 0.2) is 9.84 Å². The quantitative estimate of drug-likeness (QED) is 0.863. The number of nitrogens with two attached hydrogens (primary N) is 1. The number of benzene rings is 2. The minimum atomic E-state index is -3.23. The number of sulfone groups is 1. The zero-order valence-electron chi connectivity index (χ0n) is 14.3. The molecule has 24 heavy (non-hydrogen) atoms. The molecule has 2 N–H and O–H groups in total. The molecule has 1 amide bonds. The van der Waals surface area contributed by atoms with Crippen LogP contribution in [0.25, 0.3) is 0 Å². The Labute approximate surface area is 143 Å². The van der Waals surface area contributed by atoms with Crippen LogP contribution in [0, 0.1) is 6.92 Å². The van der Waals surface area contributed by atoms with Gasteiger partial charge in [-0.15, -0.1) is 0 Å². The van der Waals surface area contributed by atoms with E-state index in [0.29, 0.717) is 11.3 Å². The molecule has 2 aromatic carbocycles. The lowest BCUT2D eigenvalue weighted by molar-refractivity contribution is 0.0742. The number of anilines is 1. The first-order valence-corrected chi connectivity index (χ1v) is 9.43. The Kier molecular flexibility index (Phi) is 4.99. The molecule has 0 saturated carbocycles. The molecule has 0 unspecified atom stereocenters.